The van der Waals surface area contributed by atoms with E-state index < -0.39 is 5.60 Å². The predicted molar refractivity (Wildman–Crippen MR) is 104 cm³/mol. The molecule has 5 heteroatoms. The van der Waals surface area contributed by atoms with Crippen LogP contribution in [0.3, 0.4) is 0 Å². The van der Waals surface area contributed by atoms with Gasteiger partial charge in [-0.25, -0.2) is 4.79 Å². The Bertz CT molecular complexity index is 905. The topological polar surface area (TPSA) is 73.6 Å². The molecule has 2 saturated heterocycles. The Hall–Kier alpha value is -2.84. The Balaban J connectivity index is 1.52. The average molecular weight is 376 g/mol. The van der Waals surface area contributed by atoms with Crippen molar-refractivity contribution in [2.75, 3.05) is 0 Å². The van der Waals surface area contributed by atoms with E-state index in [-0.39, 0.29) is 24.8 Å². The van der Waals surface area contributed by atoms with Crippen LogP contribution in [0.4, 0.5) is 4.79 Å². The van der Waals surface area contributed by atoms with Crippen molar-refractivity contribution in [3.05, 3.63) is 70.8 Å². The minimum absolute atomic E-state index is 0.0711. The van der Waals surface area contributed by atoms with Crippen LogP contribution in [0, 0.1) is 18.3 Å². The number of nitrogens with zero attached hydrogens (tertiary/aromatic N) is 2. The second-order valence-electron chi connectivity index (χ2n) is 7.88. The molecule has 4 rings (SSSR count). The Morgan fingerprint density at radius 2 is 1.86 bits per heavy atom. The van der Waals surface area contributed by atoms with E-state index in [0.29, 0.717) is 24.0 Å². The summed E-state index contributed by atoms with van der Waals surface area (Å²) in [4.78, 5) is 14.5. The molecule has 2 unspecified atom stereocenters. The van der Waals surface area contributed by atoms with E-state index in [1.165, 1.54) is 0 Å². The lowest BCUT2D eigenvalue weighted by Gasteiger charge is -2.44. The van der Waals surface area contributed by atoms with Gasteiger partial charge in [-0.3, -0.25) is 0 Å². The largest absolute Gasteiger partial charge is 0.445 e. The van der Waals surface area contributed by atoms with Gasteiger partial charge in [0.25, 0.3) is 0 Å². The molecular formula is C23H24N2O3. The number of rotatable bonds is 3. The highest BCUT2D eigenvalue weighted by Gasteiger charge is 2.51. The van der Waals surface area contributed by atoms with E-state index in [1.807, 2.05) is 54.3 Å². The van der Waals surface area contributed by atoms with Gasteiger partial charge in [0.15, 0.2) is 0 Å². The fourth-order valence-electron chi connectivity index (χ4n) is 4.90. The molecule has 2 aliphatic rings. The zero-order chi connectivity index (χ0) is 19.7. The first-order valence-electron chi connectivity index (χ1n) is 9.73. The monoisotopic (exact) mass is 376 g/mol. The van der Waals surface area contributed by atoms with Gasteiger partial charge < -0.3 is 14.7 Å². The van der Waals surface area contributed by atoms with E-state index in [9.17, 15) is 15.2 Å². The van der Waals surface area contributed by atoms with E-state index in [4.69, 9.17) is 4.74 Å². The second kappa shape index (κ2) is 7.29. The molecule has 2 fully saturated rings. The van der Waals surface area contributed by atoms with Gasteiger partial charge in [-0.1, -0.05) is 42.5 Å². The molecule has 0 aromatic heterocycles. The average Bonchev–Trinajstić information content (AvgIpc) is 2.98. The summed E-state index contributed by atoms with van der Waals surface area (Å²) in [5.41, 5.74) is 2.02. The Labute approximate surface area is 165 Å². The number of aryl methyl sites for hydroxylation is 1. The lowest BCUT2D eigenvalue weighted by molar-refractivity contribution is -0.0541. The van der Waals surface area contributed by atoms with E-state index >= 15 is 0 Å². The number of amides is 1. The van der Waals surface area contributed by atoms with Crippen LogP contribution in [0.15, 0.2) is 48.5 Å². The molecule has 0 saturated carbocycles. The van der Waals surface area contributed by atoms with Crippen molar-refractivity contribution in [2.45, 2.75) is 56.9 Å². The van der Waals surface area contributed by atoms with Gasteiger partial charge in [-0.15, -0.1) is 0 Å². The lowest BCUT2D eigenvalue weighted by atomic mass is 9.77. The van der Waals surface area contributed by atoms with Crippen LogP contribution in [0.25, 0.3) is 0 Å². The van der Waals surface area contributed by atoms with Crippen LogP contribution in [0.5, 0.6) is 0 Å². The minimum atomic E-state index is -1.08. The quantitative estimate of drug-likeness (QED) is 0.878. The highest BCUT2D eigenvalue weighted by atomic mass is 16.6. The lowest BCUT2D eigenvalue weighted by Crippen LogP contribution is -2.52. The molecule has 2 aromatic carbocycles. The number of carbonyl (C=O) groups excluding carboxylic acids is 1. The van der Waals surface area contributed by atoms with Gasteiger partial charge in [-0.2, -0.15) is 5.26 Å². The Morgan fingerprint density at radius 3 is 2.50 bits per heavy atom. The molecule has 1 N–H and O–H groups in total. The Kier molecular flexibility index (Phi) is 4.82. The number of piperidine rings is 1. The molecular weight excluding hydrogens is 352 g/mol. The third-order valence-corrected chi connectivity index (χ3v) is 6.04. The van der Waals surface area contributed by atoms with E-state index in [0.717, 1.165) is 24.0 Å². The molecule has 0 radical (unpaired) electrons. The van der Waals surface area contributed by atoms with Gasteiger partial charge in [-0.05, 0) is 37.0 Å². The van der Waals surface area contributed by atoms with Crippen LogP contribution in [-0.4, -0.2) is 28.2 Å². The highest BCUT2D eigenvalue weighted by Crippen LogP contribution is 2.47. The predicted octanol–water partition coefficient (Wildman–Crippen LogP) is 4.02. The first kappa shape index (κ1) is 18.5. The van der Waals surface area contributed by atoms with Crippen molar-refractivity contribution in [2.24, 2.45) is 0 Å². The second-order valence-corrected chi connectivity index (χ2v) is 7.88. The molecule has 0 spiro atoms. The minimum Gasteiger partial charge on any atom is -0.445 e. The zero-order valence-corrected chi connectivity index (χ0v) is 16.0. The summed E-state index contributed by atoms with van der Waals surface area (Å²) in [5, 5.41) is 21.0. The number of carbonyl (C=O) groups is 1. The normalized spacial score (nSPS) is 26.0. The van der Waals surface area contributed by atoms with Crippen molar-refractivity contribution in [3.8, 4) is 6.07 Å². The van der Waals surface area contributed by atoms with Crippen LogP contribution in [0.1, 0.15) is 47.9 Å². The summed E-state index contributed by atoms with van der Waals surface area (Å²) in [6.45, 7) is 2.17. The molecule has 2 heterocycles. The first-order chi connectivity index (χ1) is 13.5. The maximum absolute atomic E-state index is 12.7. The van der Waals surface area contributed by atoms with Crippen molar-refractivity contribution in [1.82, 2.24) is 4.90 Å². The zero-order valence-electron chi connectivity index (χ0n) is 16.0. The molecule has 2 aliphatic heterocycles. The summed E-state index contributed by atoms with van der Waals surface area (Å²) >= 11 is 0. The van der Waals surface area contributed by atoms with Crippen LogP contribution < -0.4 is 0 Å². The number of hydrogen-bond acceptors (Lipinski definition) is 4. The molecule has 1 amide bonds. The number of benzene rings is 2. The maximum atomic E-state index is 12.7. The number of ether oxygens (including phenoxy) is 1. The maximum Gasteiger partial charge on any atom is 0.410 e. The van der Waals surface area contributed by atoms with Crippen molar-refractivity contribution >= 4 is 6.09 Å². The SMILES string of the molecule is Cc1cccc(C#N)c1C1(O)CC2CCC(C1)N2C(=O)OCc1ccccc1. The number of aliphatic hydroxyl groups is 1. The molecule has 5 nitrogen and oxygen atoms in total. The van der Waals surface area contributed by atoms with Gasteiger partial charge in [0, 0.05) is 30.5 Å². The van der Waals surface area contributed by atoms with Gasteiger partial charge in [0.2, 0.25) is 0 Å². The van der Waals surface area contributed by atoms with Crippen molar-refractivity contribution < 1.29 is 14.6 Å². The van der Waals surface area contributed by atoms with E-state index in [1.54, 1.807) is 6.07 Å². The Morgan fingerprint density at radius 1 is 1.18 bits per heavy atom. The van der Waals surface area contributed by atoms with Gasteiger partial charge >= 0.3 is 6.09 Å². The third kappa shape index (κ3) is 3.25. The van der Waals surface area contributed by atoms with Crippen molar-refractivity contribution in [3.63, 3.8) is 0 Å². The molecule has 2 bridgehead atoms. The number of fused-ring (bicyclic) bond motifs is 2. The highest BCUT2D eigenvalue weighted by molar-refractivity contribution is 5.69. The van der Waals surface area contributed by atoms with E-state index in [2.05, 4.69) is 6.07 Å². The summed E-state index contributed by atoms with van der Waals surface area (Å²) in [6.07, 6.45) is 2.25. The summed E-state index contributed by atoms with van der Waals surface area (Å²) in [5.74, 6) is 0. The molecule has 144 valence electrons. The first-order valence-corrected chi connectivity index (χ1v) is 9.73. The molecule has 2 atom stereocenters. The summed E-state index contributed by atoms with van der Waals surface area (Å²) < 4.78 is 5.54. The summed E-state index contributed by atoms with van der Waals surface area (Å²) in [7, 11) is 0. The standard InChI is InChI=1S/C23H24N2O3/c1-16-6-5-9-18(14-24)21(16)23(27)12-19-10-11-20(13-23)25(19)22(26)28-15-17-7-3-2-4-8-17/h2-9,19-20,27H,10-13,15H2,1H3. The number of nitriles is 1. The van der Waals surface area contributed by atoms with Crippen LogP contribution in [0.2, 0.25) is 0 Å². The van der Waals surface area contributed by atoms with Gasteiger partial charge in [0.1, 0.15) is 6.61 Å². The number of hydrogen-bond donors (Lipinski definition) is 1. The fraction of sp³-hybridized carbons (Fsp3) is 0.391. The van der Waals surface area contributed by atoms with Crippen molar-refractivity contribution in [1.29, 1.82) is 5.26 Å². The van der Waals surface area contributed by atoms with Crippen LogP contribution in [-0.2, 0) is 16.9 Å². The van der Waals surface area contributed by atoms with Crippen LogP contribution >= 0.6 is 0 Å². The summed E-state index contributed by atoms with van der Waals surface area (Å²) in [6, 6.07) is 17.2. The smallest absolute Gasteiger partial charge is 0.410 e. The molecule has 28 heavy (non-hydrogen) atoms. The molecule has 0 aliphatic carbocycles. The third-order valence-electron chi connectivity index (χ3n) is 6.04. The molecule has 2 aromatic rings. The fourth-order valence-corrected chi connectivity index (χ4v) is 4.90. The van der Waals surface area contributed by atoms with Gasteiger partial charge in [0.05, 0.1) is 17.2 Å².